The fraction of sp³-hybridized carbons (Fsp3) is 0.438. The molecule has 5 heteroatoms. The Kier molecular flexibility index (Phi) is 6.09. The third-order valence-corrected chi connectivity index (χ3v) is 3.40. The maximum atomic E-state index is 12.3. The van der Waals surface area contributed by atoms with E-state index in [-0.39, 0.29) is 24.1 Å². The number of allylic oxidation sites excluding steroid dienone is 3. The molecule has 2 aliphatic heterocycles. The van der Waals surface area contributed by atoms with Gasteiger partial charge in [0.25, 0.3) is 5.91 Å². The van der Waals surface area contributed by atoms with Gasteiger partial charge in [-0.1, -0.05) is 32.6 Å². The highest BCUT2D eigenvalue weighted by Gasteiger charge is 2.40. The van der Waals surface area contributed by atoms with Crippen LogP contribution >= 0.6 is 0 Å². The van der Waals surface area contributed by atoms with Gasteiger partial charge in [-0.2, -0.15) is 0 Å². The van der Waals surface area contributed by atoms with Gasteiger partial charge in [-0.05, 0) is 25.0 Å². The summed E-state index contributed by atoms with van der Waals surface area (Å²) in [6.07, 6.45) is 5.73. The fourth-order valence-electron chi connectivity index (χ4n) is 2.41. The van der Waals surface area contributed by atoms with Crippen molar-refractivity contribution in [3.63, 3.8) is 0 Å². The number of carbonyl (C=O) groups is 3. The van der Waals surface area contributed by atoms with Crippen molar-refractivity contribution in [2.45, 2.75) is 39.7 Å². The molecule has 0 saturated carbocycles. The van der Waals surface area contributed by atoms with Crippen molar-refractivity contribution in [1.29, 1.82) is 0 Å². The number of nitrogens with zero attached hydrogens (tertiary/aromatic N) is 1. The van der Waals surface area contributed by atoms with Crippen molar-refractivity contribution in [3.05, 3.63) is 36.0 Å². The smallest absolute Gasteiger partial charge is 0.255 e. The summed E-state index contributed by atoms with van der Waals surface area (Å²) >= 11 is 0. The third kappa shape index (κ3) is 3.48. The summed E-state index contributed by atoms with van der Waals surface area (Å²) in [7, 11) is 0. The lowest BCUT2D eigenvalue weighted by Crippen LogP contribution is -2.52. The van der Waals surface area contributed by atoms with Crippen molar-refractivity contribution < 1.29 is 14.4 Å². The van der Waals surface area contributed by atoms with Crippen LogP contribution in [0.15, 0.2) is 36.0 Å². The molecule has 0 radical (unpaired) electrons. The number of hydrogen-bond acceptors (Lipinski definition) is 3. The Bertz CT molecular complexity index is 518. The molecule has 0 spiro atoms. The standard InChI is InChI=1S/C14H16N2O3.C2H6/c1-3-5-10-9(4-2)8-16(14(10)19)11-6-7-12(17)15-13(11)18;1-2/h3-5,11H,1,6-8H2,2H3,(H,15,17,18);1-2H3/b9-4-,10-5+;. The summed E-state index contributed by atoms with van der Waals surface area (Å²) in [5.41, 5.74) is 1.46. The van der Waals surface area contributed by atoms with Crippen LogP contribution in [-0.4, -0.2) is 35.2 Å². The summed E-state index contributed by atoms with van der Waals surface area (Å²) in [6.45, 7) is 9.85. The van der Waals surface area contributed by atoms with E-state index in [0.717, 1.165) is 5.57 Å². The molecule has 0 bridgehead atoms. The summed E-state index contributed by atoms with van der Waals surface area (Å²) in [6, 6.07) is -0.559. The Morgan fingerprint density at radius 2 is 1.95 bits per heavy atom. The second-order valence-electron chi connectivity index (χ2n) is 4.53. The van der Waals surface area contributed by atoms with Crippen molar-refractivity contribution in [3.8, 4) is 0 Å². The number of piperidine rings is 1. The van der Waals surface area contributed by atoms with Gasteiger partial charge < -0.3 is 4.90 Å². The molecule has 0 aromatic carbocycles. The quantitative estimate of drug-likeness (QED) is 0.622. The largest absolute Gasteiger partial charge is 0.322 e. The molecule has 1 unspecified atom stereocenters. The van der Waals surface area contributed by atoms with Gasteiger partial charge in [-0.15, -0.1) is 0 Å². The number of hydrogen-bond donors (Lipinski definition) is 1. The summed E-state index contributed by atoms with van der Waals surface area (Å²) in [5.74, 6) is -0.844. The van der Waals surface area contributed by atoms with Crippen LogP contribution in [0.5, 0.6) is 0 Å². The highest BCUT2D eigenvalue weighted by molar-refractivity contribution is 6.06. The molecule has 1 atom stereocenters. The van der Waals surface area contributed by atoms with Gasteiger partial charge in [0.05, 0.1) is 0 Å². The minimum absolute atomic E-state index is 0.178. The van der Waals surface area contributed by atoms with E-state index in [1.165, 1.54) is 4.90 Å². The van der Waals surface area contributed by atoms with Gasteiger partial charge in [0.1, 0.15) is 6.04 Å². The Morgan fingerprint density at radius 1 is 1.29 bits per heavy atom. The molecule has 3 amide bonds. The molecule has 5 nitrogen and oxygen atoms in total. The first-order chi connectivity index (χ1) is 10.1. The molecule has 1 N–H and O–H groups in total. The Morgan fingerprint density at radius 3 is 2.48 bits per heavy atom. The average molecular weight is 290 g/mol. The molecule has 2 saturated heterocycles. The fourth-order valence-corrected chi connectivity index (χ4v) is 2.41. The molecule has 2 aliphatic rings. The van der Waals surface area contributed by atoms with Gasteiger partial charge >= 0.3 is 0 Å². The van der Waals surface area contributed by atoms with E-state index in [1.54, 1.807) is 12.2 Å². The van der Waals surface area contributed by atoms with Crippen molar-refractivity contribution in [2.24, 2.45) is 0 Å². The van der Waals surface area contributed by atoms with Crippen LogP contribution in [0, 0.1) is 0 Å². The van der Waals surface area contributed by atoms with Crippen LogP contribution in [0.4, 0.5) is 0 Å². The number of carbonyl (C=O) groups excluding carboxylic acids is 3. The van der Waals surface area contributed by atoms with Crippen LogP contribution in [0.25, 0.3) is 0 Å². The normalized spacial score (nSPS) is 25.8. The predicted octanol–water partition coefficient (Wildman–Crippen LogP) is 1.72. The third-order valence-electron chi connectivity index (χ3n) is 3.40. The molecular weight excluding hydrogens is 268 g/mol. The van der Waals surface area contributed by atoms with E-state index in [1.807, 2.05) is 26.8 Å². The number of likely N-dealkylation sites (tertiary alicyclic amines) is 1. The SMILES string of the molecule is C=C/C=C1/C(=O)N(C2CCC(=O)NC2=O)C/C1=C/C.CC. The minimum atomic E-state index is -0.559. The zero-order chi connectivity index (χ0) is 16.0. The average Bonchev–Trinajstić information content (AvgIpc) is 2.79. The zero-order valence-corrected chi connectivity index (χ0v) is 12.8. The first kappa shape index (κ1) is 16.9. The maximum Gasteiger partial charge on any atom is 0.255 e. The van der Waals surface area contributed by atoms with Crippen LogP contribution in [0.1, 0.15) is 33.6 Å². The minimum Gasteiger partial charge on any atom is -0.322 e. The zero-order valence-electron chi connectivity index (χ0n) is 12.8. The molecular formula is C16H22N2O3. The van der Waals surface area contributed by atoms with Crippen LogP contribution in [0.3, 0.4) is 0 Å². The van der Waals surface area contributed by atoms with Crippen LogP contribution < -0.4 is 5.32 Å². The van der Waals surface area contributed by atoms with E-state index in [9.17, 15) is 14.4 Å². The van der Waals surface area contributed by atoms with E-state index < -0.39 is 6.04 Å². The molecule has 0 aliphatic carbocycles. The van der Waals surface area contributed by atoms with E-state index >= 15 is 0 Å². The highest BCUT2D eigenvalue weighted by Crippen LogP contribution is 2.27. The summed E-state index contributed by atoms with van der Waals surface area (Å²) in [5, 5.41) is 2.28. The molecule has 2 rings (SSSR count). The lowest BCUT2D eigenvalue weighted by molar-refractivity contribution is -0.142. The Labute approximate surface area is 125 Å². The van der Waals surface area contributed by atoms with E-state index in [0.29, 0.717) is 18.5 Å². The maximum absolute atomic E-state index is 12.3. The van der Waals surface area contributed by atoms with Gasteiger partial charge in [-0.3, -0.25) is 19.7 Å². The topological polar surface area (TPSA) is 66.5 Å². The number of rotatable bonds is 2. The lowest BCUT2D eigenvalue weighted by atomic mass is 10.0. The summed E-state index contributed by atoms with van der Waals surface area (Å²) < 4.78 is 0. The highest BCUT2D eigenvalue weighted by atomic mass is 16.2. The number of imide groups is 1. The lowest BCUT2D eigenvalue weighted by Gasteiger charge is -2.28. The molecule has 114 valence electrons. The Balaban J connectivity index is 0.00000106. The Hall–Kier alpha value is -2.17. The molecule has 2 heterocycles. The molecule has 0 aromatic rings. The summed E-state index contributed by atoms with van der Waals surface area (Å²) in [4.78, 5) is 36.8. The first-order valence-electron chi connectivity index (χ1n) is 7.21. The van der Waals surface area contributed by atoms with E-state index in [4.69, 9.17) is 0 Å². The van der Waals surface area contributed by atoms with E-state index in [2.05, 4.69) is 11.9 Å². The monoisotopic (exact) mass is 290 g/mol. The van der Waals surface area contributed by atoms with Gasteiger partial charge in [-0.25, -0.2) is 0 Å². The number of amides is 3. The van der Waals surface area contributed by atoms with Crippen molar-refractivity contribution in [1.82, 2.24) is 10.2 Å². The predicted molar refractivity (Wildman–Crippen MR) is 81.3 cm³/mol. The first-order valence-corrected chi connectivity index (χ1v) is 7.21. The van der Waals surface area contributed by atoms with Gasteiger partial charge in [0.2, 0.25) is 11.8 Å². The molecule has 0 aromatic heterocycles. The van der Waals surface area contributed by atoms with Gasteiger partial charge in [0.15, 0.2) is 0 Å². The van der Waals surface area contributed by atoms with Crippen LogP contribution in [0.2, 0.25) is 0 Å². The van der Waals surface area contributed by atoms with Crippen molar-refractivity contribution >= 4 is 17.7 Å². The second kappa shape index (κ2) is 7.57. The molecule has 2 fully saturated rings. The molecule has 21 heavy (non-hydrogen) atoms. The van der Waals surface area contributed by atoms with Crippen LogP contribution in [-0.2, 0) is 14.4 Å². The number of nitrogens with one attached hydrogen (secondary N) is 1. The van der Waals surface area contributed by atoms with Gasteiger partial charge in [0, 0.05) is 18.5 Å². The van der Waals surface area contributed by atoms with Crippen molar-refractivity contribution in [2.75, 3.05) is 6.54 Å². The second-order valence-corrected chi connectivity index (χ2v) is 4.53.